The second kappa shape index (κ2) is 59.0. The highest BCUT2D eigenvalue weighted by atomic mass is 16.6. The van der Waals surface area contributed by atoms with E-state index in [1.807, 2.05) is 0 Å². The van der Waals surface area contributed by atoms with Gasteiger partial charge in [-0.2, -0.15) is 0 Å². The number of carbonyl (C=O) groups is 3. The maximum absolute atomic E-state index is 12.8. The van der Waals surface area contributed by atoms with E-state index in [4.69, 9.17) is 14.2 Å². The Morgan fingerprint density at radius 3 is 0.580 bits per heavy atom. The Morgan fingerprint density at radius 1 is 0.232 bits per heavy atom. The summed E-state index contributed by atoms with van der Waals surface area (Å²) >= 11 is 0. The van der Waals surface area contributed by atoms with E-state index in [9.17, 15) is 14.4 Å². The van der Waals surface area contributed by atoms with Crippen LogP contribution in [0, 0.1) is 0 Å². The minimum absolute atomic E-state index is 0.0616. The summed E-state index contributed by atoms with van der Waals surface area (Å²) in [5.74, 6) is -0.838. The molecule has 0 rings (SSSR count). The highest BCUT2D eigenvalue weighted by molar-refractivity contribution is 5.71. The molecule has 0 bridgehead atoms. The summed E-state index contributed by atoms with van der Waals surface area (Å²) < 4.78 is 16.8. The number of unbranched alkanes of at least 4 members (excludes halogenated alkanes) is 48. The zero-order valence-electron chi connectivity index (χ0n) is 47.1. The SMILES string of the molecule is CCCCCCCCCCCCCCCCCCCCCCCCCCCCCCCC(=O)OCC(COC(=O)CCCCCCCCCC)OC(=O)CCCCCCCCCCCCCCCC. The van der Waals surface area contributed by atoms with Crippen LogP contribution in [-0.2, 0) is 28.6 Å². The van der Waals surface area contributed by atoms with Gasteiger partial charge in [0.25, 0.3) is 0 Å². The van der Waals surface area contributed by atoms with Gasteiger partial charge in [-0.15, -0.1) is 0 Å². The fourth-order valence-electron chi connectivity index (χ4n) is 9.86. The Labute approximate surface area is 431 Å². The van der Waals surface area contributed by atoms with Gasteiger partial charge in [0.05, 0.1) is 0 Å². The zero-order chi connectivity index (χ0) is 50.0. The summed E-state index contributed by atoms with van der Waals surface area (Å²) in [5.41, 5.74) is 0. The van der Waals surface area contributed by atoms with Crippen molar-refractivity contribution >= 4 is 17.9 Å². The fraction of sp³-hybridized carbons (Fsp3) is 0.952. The van der Waals surface area contributed by atoms with Gasteiger partial charge in [0.1, 0.15) is 13.2 Å². The van der Waals surface area contributed by atoms with Crippen molar-refractivity contribution in [1.29, 1.82) is 0 Å². The lowest BCUT2D eigenvalue weighted by Crippen LogP contribution is -2.30. The average molecular weight is 976 g/mol. The van der Waals surface area contributed by atoms with E-state index < -0.39 is 6.10 Å². The number of rotatable bonds is 59. The quantitative estimate of drug-likeness (QED) is 0.0343. The molecule has 1 unspecified atom stereocenters. The number of carbonyl (C=O) groups excluding carboxylic acids is 3. The van der Waals surface area contributed by atoms with Gasteiger partial charge in [0.15, 0.2) is 6.10 Å². The van der Waals surface area contributed by atoms with Gasteiger partial charge in [-0.3, -0.25) is 14.4 Å². The highest BCUT2D eigenvalue weighted by Crippen LogP contribution is 2.18. The molecule has 0 radical (unpaired) electrons. The molecule has 0 spiro atoms. The lowest BCUT2D eigenvalue weighted by atomic mass is 10.0. The third kappa shape index (κ3) is 57.2. The first kappa shape index (κ1) is 67.4. The monoisotopic (exact) mass is 975 g/mol. The molecule has 6 heteroatoms. The molecule has 0 N–H and O–H groups in total. The Balaban J connectivity index is 3.99. The third-order valence-corrected chi connectivity index (χ3v) is 14.6. The molecule has 69 heavy (non-hydrogen) atoms. The van der Waals surface area contributed by atoms with E-state index in [0.717, 1.165) is 57.8 Å². The van der Waals surface area contributed by atoms with Crippen LogP contribution in [0.3, 0.4) is 0 Å². The molecule has 0 aromatic rings. The summed E-state index contributed by atoms with van der Waals surface area (Å²) in [6, 6.07) is 0. The molecule has 0 aliphatic carbocycles. The predicted molar refractivity (Wildman–Crippen MR) is 298 cm³/mol. The minimum atomic E-state index is -0.760. The van der Waals surface area contributed by atoms with Crippen molar-refractivity contribution < 1.29 is 28.6 Å². The molecule has 0 saturated carbocycles. The first-order chi connectivity index (χ1) is 34.0. The van der Waals surface area contributed by atoms with Crippen LogP contribution < -0.4 is 0 Å². The highest BCUT2D eigenvalue weighted by Gasteiger charge is 2.19. The molecule has 410 valence electrons. The largest absolute Gasteiger partial charge is 0.462 e. The molecule has 1 atom stereocenters. The van der Waals surface area contributed by atoms with Gasteiger partial charge in [-0.05, 0) is 19.3 Å². The van der Waals surface area contributed by atoms with Crippen LogP contribution in [0.2, 0.25) is 0 Å². The summed E-state index contributed by atoms with van der Waals surface area (Å²) in [6.07, 6.45) is 67.1. The maximum atomic E-state index is 12.8. The van der Waals surface area contributed by atoms with Crippen molar-refractivity contribution in [3.63, 3.8) is 0 Å². The molecule has 0 aliphatic rings. The van der Waals surface area contributed by atoms with Crippen molar-refractivity contribution in [1.82, 2.24) is 0 Å². The number of hydrogen-bond acceptors (Lipinski definition) is 6. The lowest BCUT2D eigenvalue weighted by molar-refractivity contribution is -0.167. The third-order valence-electron chi connectivity index (χ3n) is 14.6. The molecule has 6 nitrogen and oxygen atoms in total. The second-order valence-corrected chi connectivity index (χ2v) is 21.7. The van der Waals surface area contributed by atoms with Crippen molar-refractivity contribution in [3.8, 4) is 0 Å². The van der Waals surface area contributed by atoms with Crippen molar-refractivity contribution in [3.05, 3.63) is 0 Å². The topological polar surface area (TPSA) is 78.9 Å². The molecule has 0 aromatic carbocycles. The first-order valence-corrected chi connectivity index (χ1v) is 31.5. The number of ether oxygens (including phenoxy) is 3. The normalized spacial score (nSPS) is 11.9. The maximum Gasteiger partial charge on any atom is 0.306 e. The number of hydrogen-bond donors (Lipinski definition) is 0. The molecule has 0 saturated heterocycles. The molecule has 0 fully saturated rings. The van der Waals surface area contributed by atoms with Gasteiger partial charge in [-0.25, -0.2) is 0 Å². The first-order valence-electron chi connectivity index (χ1n) is 31.5. The van der Waals surface area contributed by atoms with Crippen LogP contribution in [0.4, 0.5) is 0 Å². The summed E-state index contributed by atoms with van der Waals surface area (Å²) in [6.45, 7) is 6.68. The Kier molecular flexibility index (Phi) is 57.6. The Bertz CT molecular complexity index is 1030. The summed E-state index contributed by atoms with van der Waals surface area (Å²) in [7, 11) is 0. The Hall–Kier alpha value is -1.59. The van der Waals surface area contributed by atoms with Crippen LogP contribution in [-0.4, -0.2) is 37.2 Å². The van der Waals surface area contributed by atoms with Crippen molar-refractivity contribution in [2.75, 3.05) is 13.2 Å². The van der Waals surface area contributed by atoms with Crippen LogP contribution in [0.1, 0.15) is 367 Å². The molecule has 0 amide bonds. The smallest absolute Gasteiger partial charge is 0.306 e. The van der Waals surface area contributed by atoms with Crippen molar-refractivity contribution in [2.24, 2.45) is 0 Å². The van der Waals surface area contributed by atoms with Gasteiger partial charge >= 0.3 is 17.9 Å². The lowest BCUT2D eigenvalue weighted by Gasteiger charge is -2.18. The van der Waals surface area contributed by atoms with Gasteiger partial charge in [0.2, 0.25) is 0 Å². The fourth-order valence-corrected chi connectivity index (χ4v) is 9.86. The zero-order valence-corrected chi connectivity index (χ0v) is 47.1. The van der Waals surface area contributed by atoms with E-state index in [1.165, 1.54) is 270 Å². The van der Waals surface area contributed by atoms with E-state index >= 15 is 0 Å². The molecule has 0 heterocycles. The van der Waals surface area contributed by atoms with E-state index in [-0.39, 0.29) is 31.1 Å². The van der Waals surface area contributed by atoms with Crippen LogP contribution >= 0.6 is 0 Å². The van der Waals surface area contributed by atoms with Crippen molar-refractivity contribution in [2.45, 2.75) is 374 Å². The molecule has 0 aliphatic heterocycles. The Morgan fingerprint density at radius 2 is 0.391 bits per heavy atom. The minimum Gasteiger partial charge on any atom is -0.462 e. The van der Waals surface area contributed by atoms with Gasteiger partial charge in [0, 0.05) is 19.3 Å². The van der Waals surface area contributed by atoms with Gasteiger partial charge in [-0.1, -0.05) is 329 Å². The molecule has 0 aromatic heterocycles. The van der Waals surface area contributed by atoms with Gasteiger partial charge < -0.3 is 14.2 Å². The van der Waals surface area contributed by atoms with E-state index in [0.29, 0.717) is 19.3 Å². The predicted octanol–water partition coefficient (Wildman–Crippen LogP) is 21.1. The van der Waals surface area contributed by atoms with Crippen LogP contribution in [0.5, 0.6) is 0 Å². The summed E-state index contributed by atoms with van der Waals surface area (Å²) in [4.78, 5) is 38.0. The second-order valence-electron chi connectivity index (χ2n) is 21.7. The standard InChI is InChI=1S/C63H122O6/c1-4-7-10-13-16-19-21-23-25-26-27-28-29-30-31-32-33-34-35-36-37-38-39-41-42-44-47-50-53-56-62(65)68-59-60(58-67-61(64)55-52-49-46-18-15-12-9-6-3)69-63(66)57-54-51-48-45-43-40-24-22-20-17-14-11-8-5-2/h60H,4-59H2,1-3H3. The van der Waals surface area contributed by atoms with Crippen LogP contribution in [0.15, 0.2) is 0 Å². The van der Waals surface area contributed by atoms with Crippen LogP contribution in [0.25, 0.3) is 0 Å². The number of esters is 3. The van der Waals surface area contributed by atoms with E-state index in [1.54, 1.807) is 0 Å². The average Bonchev–Trinajstić information content (AvgIpc) is 3.35. The molecular formula is C63H122O6. The summed E-state index contributed by atoms with van der Waals surface area (Å²) in [5, 5.41) is 0. The molecular weight excluding hydrogens is 853 g/mol. The van der Waals surface area contributed by atoms with E-state index in [2.05, 4.69) is 20.8 Å².